The van der Waals surface area contributed by atoms with Gasteiger partial charge in [0.1, 0.15) is 0 Å². The number of nitrogens with zero attached hydrogens (tertiary/aromatic N) is 4. The Morgan fingerprint density at radius 3 is 2.53 bits per heavy atom. The van der Waals surface area contributed by atoms with E-state index in [9.17, 15) is 23.7 Å². The molecule has 2 rings (SSSR count). The van der Waals surface area contributed by atoms with Crippen LogP contribution in [0, 0.1) is 10.1 Å². The van der Waals surface area contributed by atoms with Gasteiger partial charge in [-0.25, -0.2) is 8.78 Å². The SMILES string of the molecule is Cn1nc([N+](=O)[O-])cc1C(=O)N1CCC(F)(F)CC1. The monoisotopic (exact) mass is 274 g/mol. The van der Waals surface area contributed by atoms with E-state index in [1.165, 1.54) is 11.9 Å². The molecule has 0 radical (unpaired) electrons. The van der Waals surface area contributed by atoms with Gasteiger partial charge in [0.25, 0.3) is 11.8 Å². The summed E-state index contributed by atoms with van der Waals surface area (Å²) in [6, 6.07) is 1.05. The number of nitro groups is 1. The predicted molar refractivity (Wildman–Crippen MR) is 59.9 cm³/mol. The van der Waals surface area contributed by atoms with E-state index >= 15 is 0 Å². The van der Waals surface area contributed by atoms with Crippen molar-refractivity contribution in [3.8, 4) is 0 Å². The van der Waals surface area contributed by atoms with Crippen molar-refractivity contribution in [1.29, 1.82) is 0 Å². The quantitative estimate of drug-likeness (QED) is 0.599. The second-order valence-electron chi connectivity index (χ2n) is 4.42. The van der Waals surface area contributed by atoms with E-state index in [0.717, 1.165) is 10.7 Å². The average molecular weight is 274 g/mol. The Balaban J connectivity index is 2.14. The van der Waals surface area contributed by atoms with Gasteiger partial charge in [-0.05, 0) is 4.92 Å². The molecular formula is C10H12F2N4O3. The maximum atomic E-state index is 13.0. The van der Waals surface area contributed by atoms with Gasteiger partial charge in [0.05, 0.1) is 18.2 Å². The fourth-order valence-electron chi connectivity index (χ4n) is 1.94. The average Bonchev–Trinajstić information content (AvgIpc) is 2.70. The smallest absolute Gasteiger partial charge is 0.358 e. The number of carbonyl (C=O) groups excluding carboxylic acids is 1. The maximum Gasteiger partial charge on any atom is 0.390 e. The molecule has 0 saturated carbocycles. The van der Waals surface area contributed by atoms with Crippen LogP contribution < -0.4 is 0 Å². The summed E-state index contributed by atoms with van der Waals surface area (Å²) >= 11 is 0. The Labute approximate surface area is 106 Å². The van der Waals surface area contributed by atoms with Crippen LogP contribution in [0.5, 0.6) is 0 Å². The van der Waals surface area contributed by atoms with Gasteiger partial charge in [0.15, 0.2) is 5.69 Å². The maximum absolute atomic E-state index is 13.0. The molecule has 0 spiro atoms. The number of rotatable bonds is 2. The van der Waals surface area contributed by atoms with Crippen LogP contribution in [0.15, 0.2) is 6.07 Å². The third kappa shape index (κ3) is 2.69. The highest BCUT2D eigenvalue weighted by atomic mass is 19.3. The fraction of sp³-hybridized carbons (Fsp3) is 0.600. The predicted octanol–water partition coefficient (Wildman–Crippen LogP) is 1.20. The molecule has 0 unspecified atom stereocenters. The van der Waals surface area contributed by atoms with Crippen LogP contribution in [-0.4, -0.2) is 44.5 Å². The van der Waals surface area contributed by atoms with E-state index in [-0.39, 0.29) is 18.8 Å². The lowest BCUT2D eigenvalue weighted by molar-refractivity contribution is -0.389. The first-order chi connectivity index (χ1) is 8.80. The first kappa shape index (κ1) is 13.4. The minimum absolute atomic E-state index is 0.0249. The third-order valence-electron chi connectivity index (χ3n) is 3.06. The van der Waals surface area contributed by atoms with Gasteiger partial charge in [-0.3, -0.25) is 4.79 Å². The second-order valence-corrected chi connectivity index (χ2v) is 4.42. The molecule has 7 nitrogen and oxygen atoms in total. The normalized spacial score (nSPS) is 18.4. The fourth-order valence-corrected chi connectivity index (χ4v) is 1.94. The van der Waals surface area contributed by atoms with Crippen molar-refractivity contribution in [3.05, 3.63) is 21.9 Å². The zero-order valence-corrected chi connectivity index (χ0v) is 10.2. The summed E-state index contributed by atoms with van der Waals surface area (Å²) in [6.07, 6.45) is -0.780. The van der Waals surface area contributed by atoms with Crippen molar-refractivity contribution in [2.75, 3.05) is 13.1 Å². The van der Waals surface area contributed by atoms with E-state index in [0.29, 0.717) is 0 Å². The molecule has 2 heterocycles. The molecule has 0 bridgehead atoms. The highest BCUT2D eigenvalue weighted by Gasteiger charge is 2.37. The van der Waals surface area contributed by atoms with Gasteiger partial charge in [-0.15, -0.1) is 0 Å². The van der Waals surface area contributed by atoms with Crippen molar-refractivity contribution in [3.63, 3.8) is 0 Å². The number of hydrogen-bond acceptors (Lipinski definition) is 4. The van der Waals surface area contributed by atoms with Crippen LogP contribution >= 0.6 is 0 Å². The number of aryl methyl sites for hydroxylation is 1. The summed E-state index contributed by atoms with van der Waals surface area (Å²) in [6.45, 7) is -0.129. The Hall–Kier alpha value is -2.06. The molecule has 1 aliphatic rings. The van der Waals surface area contributed by atoms with E-state index in [2.05, 4.69) is 5.10 Å². The molecule has 1 saturated heterocycles. The van der Waals surface area contributed by atoms with E-state index in [1.807, 2.05) is 0 Å². The summed E-state index contributed by atoms with van der Waals surface area (Å²) < 4.78 is 27.1. The summed E-state index contributed by atoms with van der Waals surface area (Å²) in [4.78, 5) is 23.2. The lowest BCUT2D eigenvalue weighted by atomic mass is 10.1. The highest BCUT2D eigenvalue weighted by molar-refractivity contribution is 5.93. The highest BCUT2D eigenvalue weighted by Crippen LogP contribution is 2.28. The number of halogens is 2. The molecule has 1 aromatic heterocycles. The van der Waals surface area contributed by atoms with Crippen LogP contribution in [0.1, 0.15) is 23.3 Å². The molecule has 0 aliphatic carbocycles. The van der Waals surface area contributed by atoms with Gasteiger partial charge in [0, 0.05) is 25.9 Å². The Bertz CT molecular complexity index is 519. The molecule has 1 fully saturated rings. The van der Waals surface area contributed by atoms with Gasteiger partial charge in [-0.1, -0.05) is 0 Å². The minimum atomic E-state index is -2.74. The molecule has 104 valence electrons. The van der Waals surface area contributed by atoms with Crippen LogP contribution in [0.2, 0.25) is 0 Å². The van der Waals surface area contributed by atoms with Crippen LogP contribution in [-0.2, 0) is 7.05 Å². The van der Waals surface area contributed by atoms with Crippen molar-refractivity contribution < 1.29 is 18.5 Å². The first-order valence-corrected chi connectivity index (χ1v) is 5.66. The molecule has 9 heteroatoms. The second kappa shape index (κ2) is 4.56. The molecular weight excluding hydrogens is 262 g/mol. The number of amides is 1. The summed E-state index contributed by atoms with van der Waals surface area (Å²) in [5.41, 5.74) is 0.0249. The zero-order valence-electron chi connectivity index (χ0n) is 10.2. The first-order valence-electron chi connectivity index (χ1n) is 5.66. The van der Waals surface area contributed by atoms with Crippen molar-refractivity contribution >= 4 is 11.7 Å². The zero-order chi connectivity index (χ0) is 14.2. The van der Waals surface area contributed by atoms with Gasteiger partial charge < -0.3 is 15.0 Å². The molecule has 1 aromatic rings. The Kier molecular flexibility index (Phi) is 3.21. The largest absolute Gasteiger partial charge is 0.390 e. The lowest BCUT2D eigenvalue weighted by Crippen LogP contribution is -2.43. The van der Waals surface area contributed by atoms with Crippen LogP contribution in [0.3, 0.4) is 0 Å². The third-order valence-corrected chi connectivity index (χ3v) is 3.06. The molecule has 1 aliphatic heterocycles. The van der Waals surface area contributed by atoms with E-state index in [4.69, 9.17) is 0 Å². The lowest BCUT2D eigenvalue weighted by Gasteiger charge is -2.31. The number of likely N-dealkylation sites (tertiary alicyclic amines) is 1. The van der Waals surface area contributed by atoms with Gasteiger partial charge in [-0.2, -0.15) is 4.68 Å². The number of alkyl halides is 2. The van der Waals surface area contributed by atoms with Crippen molar-refractivity contribution in [2.24, 2.45) is 7.05 Å². The molecule has 0 atom stereocenters. The van der Waals surface area contributed by atoms with Crippen LogP contribution in [0.4, 0.5) is 14.6 Å². The molecule has 1 amide bonds. The molecule has 0 N–H and O–H groups in total. The Morgan fingerprint density at radius 2 is 2.05 bits per heavy atom. The van der Waals surface area contributed by atoms with Gasteiger partial charge >= 0.3 is 5.82 Å². The summed E-state index contributed by atoms with van der Waals surface area (Å²) in [5.74, 6) is -3.69. The molecule has 0 aromatic carbocycles. The number of hydrogen-bond donors (Lipinski definition) is 0. The van der Waals surface area contributed by atoms with Gasteiger partial charge in [0.2, 0.25) is 0 Å². The standard InChI is InChI=1S/C10H12F2N4O3/c1-14-7(6-8(13-14)16(18)19)9(17)15-4-2-10(11,12)3-5-15/h6H,2-5H2,1H3. The van der Waals surface area contributed by atoms with E-state index < -0.39 is 35.4 Å². The van der Waals surface area contributed by atoms with Crippen LogP contribution in [0.25, 0.3) is 0 Å². The van der Waals surface area contributed by atoms with Crippen molar-refractivity contribution in [2.45, 2.75) is 18.8 Å². The number of aromatic nitrogens is 2. The number of piperidine rings is 1. The van der Waals surface area contributed by atoms with E-state index in [1.54, 1.807) is 0 Å². The topological polar surface area (TPSA) is 81.3 Å². The van der Waals surface area contributed by atoms with Crippen molar-refractivity contribution in [1.82, 2.24) is 14.7 Å². The molecule has 19 heavy (non-hydrogen) atoms. The Morgan fingerprint density at radius 1 is 1.47 bits per heavy atom. The summed E-state index contributed by atoms with van der Waals surface area (Å²) in [7, 11) is 1.40. The summed E-state index contributed by atoms with van der Waals surface area (Å²) in [5, 5.41) is 14.1. The number of carbonyl (C=O) groups is 1. The minimum Gasteiger partial charge on any atom is -0.358 e.